The lowest BCUT2D eigenvalue weighted by Crippen LogP contribution is -2.29. The molecule has 1 N–H and O–H groups in total. The van der Waals surface area contributed by atoms with E-state index in [9.17, 15) is 14.7 Å². The van der Waals surface area contributed by atoms with Crippen LogP contribution < -0.4 is 19.1 Å². The highest BCUT2D eigenvalue weighted by atomic mass is 16.5. The van der Waals surface area contributed by atoms with E-state index in [2.05, 4.69) is 20.8 Å². The number of ketones is 1. The zero-order valence-electron chi connectivity index (χ0n) is 23.6. The van der Waals surface area contributed by atoms with Crippen molar-refractivity contribution in [3.63, 3.8) is 0 Å². The van der Waals surface area contributed by atoms with Gasteiger partial charge in [-0.05, 0) is 78.6 Å². The summed E-state index contributed by atoms with van der Waals surface area (Å²) in [7, 11) is 1.55. The number of benzene rings is 3. The van der Waals surface area contributed by atoms with Crippen LogP contribution in [-0.2, 0) is 9.59 Å². The van der Waals surface area contributed by atoms with E-state index < -0.39 is 17.7 Å². The molecule has 210 valence electrons. The first-order chi connectivity index (χ1) is 19.3. The van der Waals surface area contributed by atoms with Gasteiger partial charge in [-0.3, -0.25) is 14.5 Å². The molecule has 3 aromatic rings. The second-order valence-electron chi connectivity index (χ2n) is 10.2. The quantitative estimate of drug-likeness (QED) is 0.115. The van der Waals surface area contributed by atoms with Crippen LogP contribution in [0, 0.1) is 5.92 Å². The van der Waals surface area contributed by atoms with Crippen molar-refractivity contribution in [2.45, 2.75) is 46.1 Å². The standard InChI is InChI=1S/C33H37NO6/c1-5-6-7-19-39-26-15-11-23(12-16-26)31(35)29-30(24-9-8-10-28(20-24)38-4)34(33(37)32(29)36)25-13-17-27(18-14-25)40-21-22(2)3/h8-18,20,22,30,35H,5-7,19,21H2,1-4H3/b31-29-. The average Bonchev–Trinajstić information content (AvgIpc) is 3.24. The Kier molecular flexibility index (Phi) is 9.48. The summed E-state index contributed by atoms with van der Waals surface area (Å²) in [4.78, 5) is 28.3. The molecule has 0 spiro atoms. The van der Waals surface area contributed by atoms with E-state index in [1.807, 2.05) is 6.07 Å². The first kappa shape index (κ1) is 28.7. The number of hydrogen-bond donors (Lipinski definition) is 1. The average molecular weight is 544 g/mol. The van der Waals surface area contributed by atoms with Crippen molar-refractivity contribution in [1.82, 2.24) is 0 Å². The Bertz CT molecular complexity index is 1340. The number of nitrogens with zero attached hydrogens (tertiary/aromatic N) is 1. The minimum Gasteiger partial charge on any atom is -0.507 e. The van der Waals surface area contributed by atoms with Crippen LogP contribution in [0.1, 0.15) is 57.2 Å². The van der Waals surface area contributed by atoms with Crippen LogP contribution in [0.15, 0.2) is 78.4 Å². The van der Waals surface area contributed by atoms with Crippen LogP contribution >= 0.6 is 0 Å². The summed E-state index contributed by atoms with van der Waals surface area (Å²) in [5.41, 5.74) is 1.58. The monoisotopic (exact) mass is 543 g/mol. The predicted octanol–water partition coefficient (Wildman–Crippen LogP) is 6.93. The number of aliphatic hydroxyl groups excluding tert-OH is 1. The van der Waals surface area contributed by atoms with Gasteiger partial charge in [-0.25, -0.2) is 0 Å². The van der Waals surface area contributed by atoms with Crippen molar-refractivity contribution >= 4 is 23.1 Å². The lowest BCUT2D eigenvalue weighted by atomic mass is 9.95. The molecule has 0 radical (unpaired) electrons. The molecule has 7 heteroatoms. The molecule has 1 unspecified atom stereocenters. The molecular formula is C33H37NO6. The largest absolute Gasteiger partial charge is 0.507 e. The summed E-state index contributed by atoms with van der Waals surface area (Å²) in [6.45, 7) is 7.45. The maximum Gasteiger partial charge on any atom is 0.300 e. The molecule has 1 aliphatic heterocycles. The maximum absolute atomic E-state index is 13.5. The van der Waals surface area contributed by atoms with Crippen molar-refractivity contribution in [3.8, 4) is 17.2 Å². The number of ether oxygens (including phenoxy) is 3. The topological polar surface area (TPSA) is 85.3 Å². The lowest BCUT2D eigenvalue weighted by Gasteiger charge is -2.26. The van der Waals surface area contributed by atoms with Crippen molar-refractivity contribution in [3.05, 3.63) is 89.5 Å². The second-order valence-corrected chi connectivity index (χ2v) is 10.2. The van der Waals surface area contributed by atoms with E-state index in [-0.39, 0.29) is 11.3 Å². The van der Waals surface area contributed by atoms with Crippen LogP contribution in [0.3, 0.4) is 0 Å². The Morgan fingerprint density at radius 2 is 1.57 bits per heavy atom. The van der Waals surface area contributed by atoms with E-state index in [1.54, 1.807) is 73.8 Å². The highest BCUT2D eigenvalue weighted by molar-refractivity contribution is 6.51. The Morgan fingerprint density at radius 3 is 2.23 bits per heavy atom. The maximum atomic E-state index is 13.5. The number of methoxy groups -OCH3 is 1. The zero-order chi connectivity index (χ0) is 28.6. The van der Waals surface area contributed by atoms with E-state index in [0.29, 0.717) is 53.2 Å². The molecule has 1 heterocycles. The van der Waals surface area contributed by atoms with Gasteiger partial charge in [0.15, 0.2) is 0 Å². The summed E-state index contributed by atoms with van der Waals surface area (Å²) < 4.78 is 17.0. The van der Waals surface area contributed by atoms with Crippen LogP contribution in [0.2, 0.25) is 0 Å². The van der Waals surface area contributed by atoms with Gasteiger partial charge in [-0.15, -0.1) is 0 Å². The Balaban J connectivity index is 1.72. The molecule has 1 saturated heterocycles. The van der Waals surface area contributed by atoms with Gasteiger partial charge in [-0.2, -0.15) is 0 Å². The fraction of sp³-hybridized carbons (Fsp3) is 0.333. The number of rotatable bonds is 12. The smallest absolute Gasteiger partial charge is 0.300 e. The van der Waals surface area contributed by atoms with Crippen LogP contribution in [0.5, 0.6) is 17.2 Å². The SMILES string of the molecule is CCCCCOc1ccc(/C(O)=C2/C(=O)C(=O)N(c3ccc(OCC(C)C)cc3)C2c2cccc(OC)c2)cc1. The van der Waals surface area contributed by atoms with Crippen LogP contribution in [-0.4, -0.2) is 37.1 Å². The third-order valence-corrected chi connectivity index (χ3v) is 6.70. The number of unbranched alkanes of at least 4 members (excludes halogenated alkanes) is 2. The molecule has 0 aliphatic carbocycles. The summed E-state index contributed by atoms with van der Waals surface area (Å²) in [5, 5.41) is 11.4. The molecule has 40 heavy (non-hydrogen) atoms. The van der Waals surface area contributed by atoms with E-state index in [0.717, 1.165) is 19.3 Å². The number of carbonyl (C=O) groups is 2. The van der Waals surface area contributed by atoms with E-state index >= 15 is 0 Å². The molecule has 0 aromatic heterocycles. The van der Waals surface area contributed by atoms with Gasteiger partial charge in [-0.1, -0.05) is 45.7 Å². The molecule has 1 fully saturated rings. The molecule has 1 atom stereocenters. The predicted molar refractivity (Wildman–Crippen MR) is 156 cm³/mol. The summed E-state index contributed by atoms with van der Waals surface area (Å²) in [5.74, 6) is 0.563. The fourth-order valence-corrected chi connectivity index (χ4v) is 4.60. The molecule has 1 aliphatic rings. The Labute approximate surface area is 236 Å². The van der Waals surface area contributed by atoms with Gasteiger partial charge in [0.05, 0.1) is 31.9 Å². The highest BCUT2D eigenvalue weighted by Crippen LogP contribution is 2.43. The lowest BCUT2D eigenvalue weighted by molar-refractivity contribution is -0.132. The van der Waals surface area contributed by atoms with Gasteiger partial charge in [0.2, 0.25) is 0 Å². The second kappa shape index (κ2) is 13.2. The molecule has 0 saturated carbocycles. The first-order valence-electron chi connectivity index (χ1n) is 13.7. The third kappa shape index (κ3) is 6.47. The first-order valence-corrected chi connectivity index (χ1v) is 13.7. The minimum absolute atomic E-state index is 0.00926. The normalized spacial score (nSPS) is 16.4. The number of hydrogen-bond acceptors (Lipinski definition) is 6. The zero-order valence-corrected chi connectivity index (χ0v) is 23.6. The van der Waals surface area contributed by atoms with Gasteiger partial charge in [0, 0.05) is 11.3 Å². The Morgan fingerprint density at radius 1 is 0.900 bits per heavy atom. The highest BCUT2D eigenvalue weighted by Gasteiger charge is 2.47. The molecule has 7 nitrogen and oxygen atoms in total. The van der Waals surface area contributed by atoms with Crippen LogP contribution in [0.4, 0.5) is 5.69 Å². The molecule has 0 bridgehead atoms. The fourth-order valence-electron chi connectivity index (χ4n) is 4.60. The number of amides is 1. The third-order valence-electron chi connectivity index (χ3n) is 6.70. The van der Waals surface area contributed by atoms with Gasteiger partial charge >= 0.3 is 0 Å². The Hall–Kier alpha value is -4.26. The minimum atomic E-state index is -0.859. The summed E-state index contributed by atoms with van der Waals surface area (Å²) in [6, 6.07) is 20.3. The van der Waals surface area contributed by atoms with Gasteiger partial charge in [0.25, 0.3) is 11.7 Å². The number of anilines is 1. The number of carbonyl (C=O) groups excluding carboxylic acids is 2. The number of aliphatic hydroxyl groups is 1. The molecule has 3 aromatic carbocycles. The summed E-state index contributed by atoms with van der Waals surface area (Å²) >= 11 is 0. The molecular weight excluding hydrogens is 506 g/mol. The van der Waals surface area contributed by atoms with Crippen molar-refractivity contribution in [1.29, 1.82) is 0 Å². The number of Topliss-reactive ketones (excluding diaryl/α,β-unsaturated/α-hetero) is 1. The van der Waals surface area contributed by atoms with Gasteiger partial charge < -0.3 is 19.3 Å². The molecule has 1 amide bonds. The van der Waals surface area contributed by atoms with Crippen molar-refractivity contribution in [2.24, 2.45) is 5.92 Å². The molecule has 4 rings (SSSR count). The van der Waals surface area contributed by atoms with Gasteiger partial charge in [0.1, 0.15) is 23.0 Å². The van der Waals surface area contributed by atoms with E-state index in [1.165, 1.54) is 4.90 Å². The van der Waals surface area contributed by atoms with Crippen molar-refractivity contribution < 1.29 is 28.9 Å². The summed E-state index contributed by atoms with van der Waals surface area (Å²) in [6.07, 6.45) is 3.17. The van der Waals surface area contributed by atoms with Crippen LogP contribution in [0.25, 0.3) is 5.76 Å². The van der Waals surface area contributed by atoms with E-state index in [4.69, 9.17) is 14.2 Å². The van der Waals surface area contributed by atoms with Crippen molar-refractivity contribution in [2.75, 3.05) is 25.2 Å².